The molecule has 0 unspecified atom stereocenters. The van der Waals surface area contributed by atoms with Crippen molar-refractivity contribution >= 4 is 27.8 Å². The SMILES string of the molecule is CC(=O)Nc1ccn([C@@H]2C[C@H](OS(=O)(=O)C(F)(F)F)[C@@H](COC(=O)c3ccccc3)O2)c(=O)n1. The van der Waals surface area contributed by atoms with Crippen molar-refractivity contribution in [1.82, 2.24) is 9.55 Å². The molecule has 2 heterocycles. The monoisotopic (exact) mass is 505 g/mol. The summed E-state index contributed by atoms with van der Waals surface area (Å²) >= 11 is 0. The molecule has 3 rings (SSSR count). The average molecular weight is 505 g/mol. The molecule has 184 valence electrons. The van der Waals surface area contributed by atoms with E-state index in [0.717, 1.165) is 10.8 Å². The molecule has 1 aliphatic rings. The maximum absolute atomic E-state index is 12.8. The van der Waals surface area contributed by atoms with Crippen LogP contribution in [-0.2, 0) is 28.6 Å². The molecule has 15 heteroatoms. The molecule has 2 aromatic rings. The highest BCUT2D eigenvalue weighted by Crippen LogP contribution is 2.35. The van der Waals surface area contributed by atoms with E-state index in [9.17, 15) is 36.0 Å². The first-order valence-electron chi connectivity index (χ1n) is 9.61. The van der Waals surface area contributed by atoms with Crippen LogP contribution in [0.4, 0.5) is 19.0 Å². The van der Waals surface area contributed by atoms with Gasteiger partial charge in [-0.25, -0.2) is 9.59 Å². The Labute approximate surface area is 190 Å². The summed E-state index contributed by atoms with van der Waals surface area (Å²) in [5.41, 5.74) is -6.49. The van der Waals surface area contributed by atoms with E-state index in [4.69, 9.17) is 9.47 Å². The average Bonchev–Trinajstić information content (AvgIpc) is 3.13. The van der Waals surface area contributed by atoms with Crippen LogP contribution in [-0.4, -0.2) is 54.2 Å². The number of nitrogens with one attached hydrogen (secondary N) is 1. The van der Waals surface area contributed by atoms with E-state index in [1.807, 2.05) is 0 Å². The molecule has 0 saturated carbocycles. The quantitative estimate of drug-likeness (QED) is 0.337. The van der Waals surface area contributed by atoms with Crippen molar-refractivity contribution in [3.8, 4) is 0 Å². The van der Waals surface area contributed by atoms with Crippen LogP contribution in [0.25, 0.3) is 0 Å². The molecule has 1 aromatic carbocycles. The number of halogens is 3. The van der Waals surface area contributed by atoms with Gasteiger partial charge in [-0.05, 0) is 18.2 Å². The van der Waals surface area contributed by atoms with Crippen molar-refractivity contribution in [2.45, 2.75) is 37.3 Å². The maximum atomic E-state index is 12.8. The number of amides is 1. The molecule has 0 aliphatic carbocycles. The molecule has 3 atom stereocenters. The second kappa shape index (κ2) is 9.90. The zero-order chi connectivity index (χ0) is 25.1. The van der Waals surface area contributed by atoms with Crippen molar-refractivity contribution in [1.29, 1.82) is 0 Å². The molecule has 0 radical (unpaired) electrons. The third-order valence-electron chi connectivity index (χ3n) is 4.55. The van der Waals surface area contributed by atoms with E-state index in [1.165, 1.54) is 25.1 Å². The minimum atomic E-state index is -6.01. The molecule has 34 heavy (non-hydrogen) atoms. The van der Waals surface area contributed by atoms with Crippen LogP contribution in [0.1, 0.15) is 29.9 Å². The Hall–Kier alpha value is -3.30. The van der Waals surface area contributed by atoms with Gasteiger partial charge in [-0.1, -0.05) is 18.2 Å². The predicted molar refractivity (Wildman–Crippen MR) is 108 cm³/mol. The van der Waals surface area contributed by atoms with Crippen LogP contribution >= 0.6 is 0 Å². The number of esters is 1. The van der Waals surface area contributed by atoms with Crippen molar-refractivity contribution < 1.29 is 44.8 Å². The number of rotatable bonds is 7. The number of carbonyl (C=O) groups excluding carboxylic acids is 2. The van der Waals surface area contributed by atoms with Gasteiger partial charge in [-0.2, -0.15) is 26.6 Å². The fourth-order valence-electron chi connectivity index (χ4n) is 3.04. The molecule has 0 spiro atoms. The molecule has 1 aromatic heterocycles. The smallest absolute Gasteiger partial charge is 0.459 e. The Morgan fingerprint density at radius 2 is 1.91 bits per heavy atom. The van der Waals surface area contributed by atoms with Crippen molar-refractivity contribution in [3.63, 3.8) is 0 Å². The van der Waals surface area contributed by atoms with Gasteiger partial charge in [-0.3, -0.25) is 13.5 Å². The highest BCUT2D eigenvalue weighted by molar-refractivity contribution is 7.87. The number of hydrogen-bond donors (Lipinski definition) is 1. The highest BCUT2D eigenvalue weighted by atomic mass is 32.2. The summed E-state index contributed by atoms with van der Waals surface area (Å²) in [5.74, 6) is -1.40. The van der Waals surface area contributed by atoms with Gasteiger partial charge in [0.25, 0.3) is 0 Å². The first-order chi connectivity index (χ1) is 15.9. The Balaban J connectivity index is 1.81. The summed E-state index contributed by atoms with van der Waals surface area (Å²) < 4.78 is 77.4. The molecular formula is C19H18F3N3O8S. The van der Waals surface area contributed by atoms with Gasteiger partial charge in [-0.15, -0.1) is 0 Å². The lowest BCUT2D eigenvalue weighted by Gasteiger charge is -2.19. The molecule has 1 fully saturated rings. The summed E-state index contributed by atoms with van der Waals surface area (Å²) in [6, 6.07) is 8.87. The normalized spacial score (nSPS) is 20.6. The van der Waals surface area contributed by atoms with Gasteiger partial charge in [0.1, 0.15) is 30.9 Å². The van der Waals surface area contributed by atoms with Gasteiger partial charge < -0.3 is 14.8 Å². The number of carbonyl (C=O) groups is 2. The Bertz CT molecular complexity index is 1220. The summed E-state index contributed by atoms with van der Waals surface area (Å²) in [6.45, 7) is 0.534. The van der Waals surface area contributed by atoms with Gasteiger partial charge in [0.05, 0.1) is 5.56 Å². The Kier molecular flexibility index (Phi) is 7.38. The third kappa shape index (κ3) is 5.98. The lowest BCUT2D eigenvalue weighted by atomic mass is 10.2. The number of hydrogen-bond acceptors (Lipinski definition) is 9. The van der Waals surface area contributed by atoms with Gasteiger partial charge >= 0.3 is 27.3 Å². The summed E-state index contributed by atoms with van der Waals surface area (Å²) in [6.07, 6.45) is -3.85. The molecule has 1 N–H and O–H groups in total. The first kappa shape index (κ1) is 25.3. The van der Waals surface area contributed by atoms with Crippen LogP contribution in [0.2, 0.25) is 0 Å². The molecule has 0 bridgehead atoms. The Morgan fingerprint density at radius 1 is 1.24 bits per heavy atom. The third-order valence-corrected chi connectivity index (χ3v) is 5.61. The standard InChI is InChI=1S/C19H18F3N3O8S/c1-11(26)23-15-7-8-25(18(28)24-15)16-9-13(33-34(29,30)19(20,21)22)14(32-16)10-31-17(27)12-5-3-2-4-6-12/h2-8,13-14,16H,9-10H2,1H3,(H,23,24,26,28)/t13-,14+,16-/m0/s1. The maximum Gasteiger partial charge on any atom is 0.523 e. The largest absolute Gasteiger partial charge is 0.523 e. The zero-order valence-electron chi connectivity index (χ0n) is 17.4. The first-order valence-corrected chi connectivity index (χ1v) is 11.0. The van der Waals surface area contributed by atoms with Crippen molar-refractivity contribution in [3.05, 3.63) is 58.6 Å². The highest BCUT2D eigenvalue weighted by Gasteiger charge is 2.51. The van der Waals surface area contributed by atoms with Crippen molar-refractivity contribution in [2.75, 3.05) is 11.9 Å². The minimum absolute atomic E-state index is 0.0764. The summed E-state index contributed by atoms with van der Waals surface area (Å²) in [4.78, 5) is 39.2. The number of anilines is 1. The fraction of sp³-hybridized carbons (Fsp3) is 0.368. The zero-order valence-corrected chi connectivity index (χ0v) is 18.2. The fourth-order valence-corrected chi connectivity index (χ4v) is 3.67. The topological polar surface area (TPSA) is 143 Å². The molecule has 1 aliphatic heterocycles. The minimum Gasteiger partial charge on any atom is -0.459 e. The molecule has 11 nitrogen and oxygen atoms in total. The van der Waals surface area contributed by atoms with Crippen LogP contribution < -0.4 is 11.0 Å². The van der Waals surface area contributed by atoms with Crippen molar-refractivity contribution in [2.24, 2.45) is 0 Å². The lowest BCUT2D eigenvalue weighted by Crippen LogP contribution is -2.36. The van der Waals surface area contributed by atoms with Crippen LogP contribution in [0.15, 0.2) is 47.4 Å². The Morgan fingerprint density at radius 3 is 2.50 bits per heavy atom. The van der Waals surface area contributed by atoms with Crippen LogP contribution in [0, 0.1) is 0 Å². The molecule has 1 amide bonds. The predicted octanol–water partition coefficient (Wildman–Crippen LogP) is 1.58. The van der Waals surface area contributed by atoms with Gasteiger partial charge in [0.15, 0.2) is 0 Å². The van der Waals surface area contributed by atoms with E-state index in [1.54, 1.807) is 18.2 Å². The lowest BCUT2D eigenvalue weighted by molar-refractivity contribution is -0.114. The number of nitrogens with zero attached hydrogens (tertiary/aromatic N) is 2. The van der Waals surface area contributed by atoms with Gasteiger partial charge in [0, 0.05) is 19.5 Å². The molecular weight excluding hydrogens is 487 g/mol. The number of aromatic nitrogens is 2. The van der Waals surface area contributed by atoms with E-state index in [-0.39, 0.29) is 11.4 Å². The van der Waals surface area contributed by atoms with E-state index in [2.05, 4.69) is 14.5 Å². The summed E-state index contributed by atoms with van der Waals surface area (Å²) in [7, 11) is -6.01. The second-order valence-corrected chi connectivity index (χ2v) is 8.61. The molecule has 1 saturated heterocycles. The van der Waals surface area contributed by atoms with Crippen LogP contribution in [0.3, 0.4) is 0 Å². The summed E-state index contributed by atoms with van der Waals surface area (Å²) in [5, 5.41) is 2.29. The second-order valence-electron chi connectivity index (χ2n) is 7.05. The van der Waals surface area contributed by atoms with Gasteiger partial charge in [0.2, 0.25) is 5.91 Å². The number of benzene rings is 1. The van der Waals surface area contributed by atoms with E-state index in [0.29, 0.717) is 0 Å². The van der Waals surface area contributed by atoms with E-state index >= 15 is 0 Å². The van der Waals surface area contributed by atoms with Crippen LogP contribution in [0.5, 0.6) is 0 Å². The van der Waals surface area contributed by atoms with E-state index < -0.39 is 64.7 Å². The number of ether oxygens (including phenoxy) is 2. The number of alkyl halides is 3.